The number of hydrogen-bond acceptors (Lipinski definition) is 2. The van der Waals surface area contributed by atoms with E-state index < -0.39 is 9.84 Å². The van der Waals surface area contributed by atoms with Gasteiger partial charge in [-0.25, -0.2) is 8.42 Å². The summed E-state index contributed by atoms with van der Waals surface area (Å²) >= 11 is 0. The highest BCUT2D eigenvalue weighted by molar-refractivity contribution is 7.91. The van der Waals surface area contributed by atoms with Crippen molar-refractivity contribution in [2.45, 2.75) is 50.3 Å². The first-order valence-corrected chi connectivity index (χ1v) is 8.87. The summed E-state index contributed by atoms with van der Waals surface area (Å²) in [4.78, 5) is 0.660. The Morgan fingerprint density at radius 2 is 0.857 bits per heavy atom. The SMILES string of the molecule is CCC.CCC.O=S(=O)(c1ccccc1)c1ccccc1. The summed E-state index contributed by atoms with van der Waals surface area (Å²) in [5.41, 5.74) is 0. The van der Waals surface area contributed by atoms with Crippen LogP contribution in [0.4, 0.5) is 0 Å². The van der Waals surface area contributed by atoms with Gasteiger partial charge < -0.3 is 0 Å². The van der Waals surface area contributed by atoms with Crippen LogP contribution in [0, 0.1) is 0 Å². The molecule has 0 fully saturated rings. The molecule has 0 radical (unpaired) electrons. The Bertz CT molecular complexity index is 513. The van der Waals surface area contributed by atoms with Gasteiger partial charge in [0, 0.05) is 0 Å². The van der Waals surface area contributed by atoms with Crippen molar-refractivity contribution in [1.29, 1.82) is 0 Å². The zero-order valence-electron chi connectivity index (χ0n) is 13.4. The minimum Gasteiger partial charge on any atom is -0.219 e. The van der Waals surface area contributed by atoms with Crippen LogP contribution in [0.5, 0.6) is 0 Å². The van der Waals surface area contributed by atoms with E-state index in [4.69, 9.17) is 0 Å². The van der Waals surface area contributed by atoms with E-state index in [-0.39, 0.29) is 0 Å². The molecular formula is C18H26O2S. The van der Waals surface area contributed by atoms with Crippen molar-refractivity contribution in [3.63, 3.8) is 0 Å². The predicted molar refractivity (Wildman–Crippen MR) is 90.3 cm³/mol. The van der Waals surface area contributed by atoms with E-state index in [2.05, 4.69) is 27.7 Å². The summed E-state index contributed by atoms with van der Waals surface area (Å²) in [6.45, 7) is 8.50. The molecule has 0 heterocycles. The summed E-state index contributed by atoms with van der Waals surface area (Å²) in [6, 6.07) is 16.9. The second-order valence-electron chi connectivity index (χ2n) is 4.54. The van der Waals surface area contributed by atoms with Crippen LogP contribution in [0.2, 0.25) is 0 Å². The van der Waals surface area contributed by atoms with E-state index in [9.17, 15) is 8.42 Å². The van der Waals surface area contributed by atoms with Crippen LogP contribution in [0.15, 0.2) is 70.5 Å². The van der Waals surface area contributed by atoms with E-state index >= 15 is 0 Å². The molecule has 0 bridgehead atoms. The van der Waals surface area contributed by atoms with Gasteiger partial charge in [0.2, 0.25) is 9.84 Å². The van der Waals surface area contributed by atoms with E-state index in [0.29, 0.717) is 9.79 Å². The molecule has 0 aliphatic rings. The average Bonchev–Trinajstić information content (AvgIpc) is 2.51. The first-order chi connectivity index (χ1) is 10.0. The van der Waals surface area contributed by atoms with Gasteiger partial charge in [0.15, 0.2) is 0 Å². The molecule has 2 aromatic carbocycles. The Hall–Kier alpha value is -1.61. The average molecular weight is 306 g/mol. The summed E-state index contributed by atoms with van der Waals surface area (Å²) in [6.07, 6.45) is 2.50. The number of benzene rings is 2. The Morgan fingerprint density at radius 3 is 1.10 bits per heavy atom. The van der Waals surface area contributed by atoms with Crippen molar-refractivity contribution < 1.29 is 8.42 Å². The van der Waals surface area contributed by atoms with Crippen LogP contribution in [0.1, 0.15) is 40.5 Å². The second-order valence-corrected chi connectivity index (χ2v) is 6.49. The smallest absolute Gasteiger partial charge is 0.206 e. The molecular weight excluding hydrogens is 280 g/mol. The highest BCUT2D eigenvalue weighted by Gasteiger charge is 2.15. The van der Waals surface area contributed by atoms with E-state index in [1.165, 1.54) is 12.8 Å². The van der Waals surface area contributed by atoms with Gasteiger partial charge >= 0.3 is 0 Å². The molecule has 0 unspecified atom stereocenters. The first-order valence-electron chi connectivity index (χ1n) is 7.39. The monoisotopic (exact) mass is 306 g/mol. The zero-order chi connectivity index (χ0) is 16.1. The molecule has 0 N–H and O–H groups in total. The van der Waals surface area contributed by atoms with Crippen molar-refractivity contribution in [3.05, 3.63) is 60.7 Å². The van der Waals surface area contributed by atoms with Crippen LogP contribution in [0.25, 0.3) is 0 Å². The minimum absolute atomic E-state index is 0.330. The fourth-order valence-electron chi connectivity index (χ4n) is 1.34. The van der Waals surface area contributed by atoms with Crippen LogP contribution in [0.3, 0.4) is 0 Å². The maximum absolute atomic E-state index is 12.0. The maximum Gasteiger partial charge on any atom is 0.206 e. The van der Waals surface area contributed by atoms with Gasteiger partial charge in [0.25, 0.3) is 0 Å². The van der Waals surface area contributed by atoms with Gasteiger partial charge in [-0.1, -0.05) is 76.9 Å². The highest BCUT2D eigenvalue weighted by atomic mass is 32.2. The van der Waals surface area contributed by atoms with Crippen molar-refractivity contribution >= 4 is 9.84 Å². The molecule has 0 spiro atoms. The molecule has 0 aromatic heterocycles. The van der Waals surface area contributed by atoms with E-state index in [1.54, 1.807) is 60.7 Å². The number of sulfone groups is 1. The Labute approximate surface area is 129 Å². The Kier molecular flexibility index (Phi) is 10.2. The molecule has 0 saturated heterocycles. The van der Waals surface area contributed by atoms with Gasteiger partial charge in [-0.2, -0.15) is 0 Å². The molecule has 0 amide bonds. The molecule has 0 saturated carbocycles. The summed E-state index contributed by atoms with van der Waals surface area (Å²) in [5, 5.41) is 0. The van der Waals surface area contributed by atoms with Gasteiger partial charge in [-0.15, -0.1) is 0 Å². The lowest BCUT2D eigenvalue weighted by molar-refractivity contribution is 0.596. The predicted octanol–water partition coefficient (Wildman–Crippen LogP) is 5.35. The molecule has 0 atom stereocenters. The van der Waals surface area contributed by atoms with Crippen LogP contribution in [-0.4, -0.2) is 8.42 Å². The molecule has 21 heavy (non-hydrogen) atoms. The molecule has 2 nitrogen and oxygen atoms in total. The Morgan fingerprint density at radius 1 is 0.619 bits per heavy atom. The first kappa shape index (κ1) is 19.4. The van der Waals surface area contributed by atoms with Gasteiger partial charge in [-0.05, 0) is 24.3 Å². The molecule has 0 aliphatic heterocycles. The van der Waals surface area contributed by atoms with E-state index in [0.717, 1.165) is 0 Å². The van der Waals surface area contributed by atoms with Crippen molar-refractivity contribution in [2.75, 3.05) is 0 Å². The Balaban J connectivity index is 0.000000578. The molecule has 3 heteroatoms. The van der Waals surface area contributed by atoms with Crippen LogP contribution < -0.4 is 0 Å². The summed E-state index contributed by atoms with van der Waals surface area (Å²) < 4.78 is 24.1. The fraction of sp³-hybridized carbons (Fsp3) is 0.333. The minimum atomic E-state index is -3.34. The third kappa shape index (κ3) is 7.09. The van der Waals surface area contributed by atoms with Crippen molar-refractivity contribution in [1.82, 2.24) is 0 Å². The third-order valence-electron chi connectivity index (χ3n) is 2.11. The van der Waals surface area contributed by atoms with Crippen molar-refractivity contribution in [3.8, 4) is 0 Å². The maximum atomic E-state index is 12.0. The summed E-state index contributed by atoms with van der Waals surface area (Å²) in [7, 11) is -3.34. The van der Waals surface area contributed by atoms with Gasteiger partial charge in [0.05, 0.1) is 9.79 Å². The second kappa shape index (κ2) is 11.1. The number of rotatable bonds is 2. The van der Waals surface area contributed by atoms with Gasteiger partial charge in [-0.3, -0.25) is 0 Å². The lowest BCUT2D eigenvalue weighted by atomic mass is 10.4. The summed E-state index contributed by atoms with van der Waals surface area (Å²) in [5.74, 6) is 0. The fourth-order valence-corrected chi connectivity index (χ4v) is 2.64. The van der Waals surface area contributed by atoms with Gasteiger partial charge in [0.1, 0.15) is 0 Å². The molecule has 2 aromatic rings. The molecule has 0 aliphatic carbocycles. The standard InChI is InChI=1S/C12H10O2S.2C3H8/c13-15(14,11-7-3-1-4-8-11)12-9-5-2-6-10-12;2*1-3-2/h1-10H;2*3H2,1-2H3. The van der Waals surface area contributed by atoms with E-state index in [1.807, 2.05) is 0 Å². The zero-order valence-corrected chi connectivity index (χ0v) is 14.2. The molecule has 2 rings (SSSR count). The largest absolute Gasteiger partial charge is 0.219 e. The van der Waals surface area contributed by atoms with Crippen LogP contribution in [-0.2, 0) is 9.84 Å². The number of hydrogen-bond donors (Lipinski definition) is 0. The van der Waals surface area contributed by atoms with Crippen molar-refractivity contribution in [2.24, 2.45) is 0 Å². The van der Waals surface area contributed by atoms with Crippen LogP contribution >= 0.6 is 0 Å². The normalized spacial score (nSPS) is 9.71. The highest BCUT2D eigenvalue weighted by Crippen LogP contribution is 2.19. The quantitative estimate of drug-likeness (QED) is 0.749. The topological polar surface area (TPSA) is 34.1 Å². The lowest BCUT2D eigenvalue weighted by Gasteiger charge is -2.03. The lowest BCUT2D eigenvalue weighted by Crippen LogP contribution is -2.00. The third-order valence-corrected chi connectivity index (χ3v) is 3.89. The molecule has 116 valence electrons.